The molecule has 0 saturated carbocycles. The van der Waals surface area contributed by atoms with Gasteiger partial charge in [-0.2, -0.15) is 0 Å². The van der Waals surface area contributed by atoms with Gasteiger partial charge in [0.05, 0.1) is 0 Å². The Morgan fingerprint density at radius 1 is 1.44 bits per heavy atom. The van der Waals surface area contributed by atoms with Crippen LogP contribution < -0.4 is 16.0 Å². The van der Waals surface area contributed by atoms with Crippen LogP contribution in [0.3, 0.4) is 0 Å². The summed E-state index contributed by atoms with van der Waals surface area (Å²) in [5.74, 6) is 1.06. The van der Waals surface area contributed by atoms with Crippen LogP contribution in [0.1, 0.15) is 12.8 Å². The van der Waals surface area contributed by atoms with Gasteiger partial charge in [-0.05, 0) is 20.0 Å². The van der Waals surface area contributed by atoms with Crippen LogP contribution in [0.15, 0.2) is 0 Å². The molecule has 0 bridgehead atoms. The monoisotopic (exact) mass is 227 g/mol. The van der Waals surface area contributed by atoms with Crippen LogP contribution in [-0.4, -0.2) is 43.3 Å². The first-order chi connectivity index (χ1) is 7.61. The Balaban J connectivity index is 3.83. The molecule has 0 aliphatic heterocycles. The predicted octanol–water partition coefficient (Wildman–Crippen LogP) is -0.628. The van der Waals surface area contributed by atoms with Crippen molar-refractivity contribution in [1.29, 1.82) is 0 Å². The molecule has 0 aromatic rings. The van der Waals surface area contributed by atoms with Crippen LogP contribution in [0.5, 0.6) is 0 Å². The Labute approximate surface area is 94.8 Å². The highest BCUT2D eigenvalue weighted by atomic mass is 16.4. The lowest BCUT2D eigenvalue weighted by Crippen LogP contribution is -2.46. The molecule has 1 atom stereocenters. The van der Waals surface area contributed by atoms with Gasteiger partial charge in [-0.25, -0.2) is 9.59 Å². The first-order valence-corrected chi connectivity index (χ1v) is 4.97. The number of carbonyl (C=O) groups is 2. The summed E-state index contributed by atoms with van der Waals surface area (Å²) in [4.78, 5) is 21.9. The number of amides is 2. The van der Waals surface area contributed by atoms with E-state index >= 15 is 0 Å². The highest BCUT2D eigenvalue weighted by Crippen LogP contribution is 1.90. The third-order valence-electron chi connectivity index (χ3n) is 1.81. The van der Waals surface area contributed by atoms with E-state index in [4.69, 9.17) is 11.5 Å². The lowest BCUT2D eigenvalue weighted by molar-refractivity contribution is -0.139. The van der Waals surface area contributed by atoms with Gasteiger partial charge >= 0.3 is 12.0 Å². The Bertz CT molecular complexity index is 273. The summed E-state index contributed by atoms with van der Waals surface area (Å²) < 4.78 is 0. The minimum atomic E-state index is -1.14. The zero-order chi connectivity index (χ0) is 12.4. The number of hydrogen-bond donors (Lipinski definition) is 4. The Morgan fingerprint density at radius 3 is 2.62 bits per heavy atom. The van der Waals surface area contributed by atoms with Crippen LogP contribution in [0.25, 0.3) is 0 Å². The van der Waals surface area contributed by atoms with Crippen molar-refractivity contribution >= 4 is 12.0 Å². The fourth-order valence-electron chi connectivity index (χ4n) is 0.994. The molecule has 6 nitrogen and oxygen atoms in total. The van der Waals surface area contributed by atoms with Gasteiger partial charge in [0, 0.05) is 13.0 Å². The summed E-state index contributed by atoms with van der Waals surface area (Å²) >= 11 is 0. The zero-order valence-corrected chi connectivity index (χ0v) is 9.25. The Morgan fingerprint density at radius 2 is 2.12 bits per heavy atom. The van der Waals surface area contributed by atoms with Gasteiger partial charge < -0.3 is 21.1 Å². The Hall–Kier alpha value is -1.74. The van der Waals surface area contributed by atoms with Gasteiger partial charge in [-0.3, -0.25) is 0 Å². The van der Waals surface area contributed by atoms with Crippen molar-refractivity contribution in [3.63, 3.8) is 0 Å². The van der Waals surface area contributed by atoms with Gasteiger partial charge in [0.25, 0.3) is 0 Å². The van der Waals surface area contributed by atoms with E-state index in [1.807, 2.05) is 7.05 Å². The zero-order valence-electron chi connectivity index (χ0n) is 9.25. The molecule has 0 aliphatic carbocycles. The van der Waals surface area contributed by atoms with Crippen LogP contribution in [0, 0.1) is 12.3 Å². The second-order valence-electron chi connectivity index (χ2n) is 3.16. The number of hydrogen-bond acceptors (Lipinski definition) is 3. The Kier molecular flexibility index (Phi) is 7.63. The molecule has 0 radical (unpaired) electrons. The second-order valence-corrected chi connectivity index (χ2v) is 3.16. The van der Waals surface area contributed by atoms with Crippen molar-refractivity contribution in [2.75, 3.05) is 20.1 Å². The van der Waals surface area contributed by atoms with Crippen LogP contribution >= 0.6 is 0 Å². The second kappa shape index (κ2) is 8.56. The van der Waals surface area contributed by atoms with Gasteiger partial charge in [0.15, 0.2) is 0 Å². The average molecular weight is 227 g/mol. The molecule has 0 saturated heterocycles. The summed E-state index contributed by atoms with van der Waals surface area (Å²) in [6.07, 6.45) is 5.74. The molecule has 4 N–H and O–H groups in total. The smallest absolute Gasteiger partial charge is 0.327 e. The maximum absolute atomic E-state index is 11.2. The van der Waals surface area contributed by atoms with E-state index in [1.165, 1.54) is 0 Å². The fourth-order valence-corrected chi connectivity index (χ4v) is 0.994. The van der Waals surface area contributed by atoms with Crippen molar-refractivity contribution in [3.05, 3.63) is 0 Å². The van der Waals surface area contributed by atoms with Crippen molar-refractivity contribution in [2.24, 2.45) is 0 Å². The average Bonchev–Trinajstić information content (AvgIpc) is 2.23. The van der Waals surface area contributed by atoms with Crippen molar-refractivity contribution in [3.8, 4) is 12.3 Å². The summed E-state index contributed by atoms with van der Waals surface area (Å²) in [5.41, 5.74) is 0. The van der Waals surface area contributed by atoms with E-state index in [-0.39, 0.29) is 6.42 Å². The van der Waals surface area contributed by atoms with Gasteiger partial charge in [-0.15, -0.1) is 12.3 Å². The summed E-state index contributed by atoms with van der Waals surface area (Å²) in [6, 6.07) is -1.55. The number of terminal acetylenes is 1. The number of urea groups is 1. The lowest BCUT2D eigenvalue weighted by Gasteiger charge is -2.12. The molecule has 90 valence electrons. The summed E-state index contributed by atoms with van der Waals surface area (Å²) in [5, 5.41) is 16.5. The number of carbonyl (C=O) groups excluding carboxylic acids is 1. The first-order valence-electron chi connectivity index (χ1n) is 4.97. The molecule has 6 heteroatoms. The molecule has 0 spiro atoms. The van der Waals surface area contributed by atoms with Gasteiger partial charge in [0.1, 0.15) is 6.04 Å². The number of rotatable bonds is 7. The molecule has 0 aliphatic rings. The molecular weight excluding hydrogens is 210 g/mol. The largest absolute Gasteiger partial charge is 0.480 e. The molecule has 2 amide bonds. The van der Waals surface area contributed by atoms with Crippen LogP contribution in [0.2, 0.25) is 0 Å². The fraction of sp³-hybridized carbons (Fsp3) is 0.600. The molecule has 16 heavy (non-hydrogen) atoms. The molecule has 0 aromatic carbocycles. The maximum atomic E-state index is 11.2. The van der Waals surface area contributed by atoms with Crippen molar-refractivity contribution in [1.82, 2.24) is 16.0 Å². The number of carboxylic acid groups (broad SMARTS) is 1. The van der Waals surface area contributed by atoms with Crippen molar-refractivity contribution < 1.29 is 14.7 Å². The summed E-state index contributed by atoms with van der Waals surface area (Å²) in [7, 11) is 1.81. The molecule has 0 aromatic heterocycles. The van der Waals surface area contributed by atoms with E-state index in [2.05, 4.69) is 21.9 Å². The van der Waals surface area contributed by atoms with Crippen LogP contribution in [0.4, 0.5) is 4.79 Å². The SMILES string of the molecule is C#CCC(NC(=O)NCCCNC)C(=O)O. The molecule has 0 heterocycles. The number of nitrogens with one attached hydrogen (secondary N) is 3. The van der Waals surface area contributed by atoms with Gasteiger partial charge in [-0.1, -0.05) is 0 Å². The molecule has 0 rings (SSSR count). The van der Waals surface area contributed by atoms with E-state index in [0.717, 1.165) is 13.0 Å². The number of carboxylic acids is 1. The van der Waals surface area contributed by atoms with E-state index in [0.29, 0.717) is 6.54 Å². The van der Waals surface area contributed by atoms with Gasteiger partial charge in [0.2, 0.25) is 0 Å². The third-order valence-corrected chi connectivity index (χ3v) is 1.81. The molecule has 1 unspecified atom stereocenters. The quantitative estimate of drug-likeness (QED) is 0.344. The standard InChI is InChI=1S/C10H17N3O3/c1-3-5-8(9(14)15)13-10(16)12-7-4-6-11-2/h1,8,11H,4-7H2,2H3,(H,14,15)(H2,12,13,16). The van der Waals surface area contributed by atoms with E-state index in [9.17, 15) is 9.59 Å². The molecular formula is C10H17N3O3. The minimum Gasteiger partial charge on any atom is -0.480 e. The number of aliphatic carboxylic acids is 1. The topological polar surface area (TPSA) is 90.5 Å². The minimum absolute atomic E-state index is 0.0285. The first kappa shape index (κ1) is 14.3. The lowest BCUT2D eigenvalue weighted by atomic mass is 10.2. The van der Waals surface area contributed by atoms with Crippen LogP contribution in [-0.2, 0) is 4.79 Å². The normalized spacial score (nSPS) is 11.2. The van der Waals surface area contributed by atoms with E-state index < -0.39 is 18.0 Å². The van der Waals surface area contributed by atoms with E-state index in [1.54, 1.807) is 0 Å². The highest BCUT2D eigenvalue weighted by Gasteiger charge is 2.17. The van der Waals surface area contributed by atoms with Crippen molar-refractivity contribution in [2.45, 2.75) is 18.9 Å². The summed E-state index contributed by atoms with van der Waals surface area (Å²) in [6.45, 7) is 1.27. The predicted molar refractivity (Wildman–Crippen MR) is 60.0 cm³/mol. The highest BCUT2D eigenvalue weighted by molar-refractivity contribution is 5.82. The maximum Gasteiger partial charge on any atom is 0.327 e. The molecule has 0 fully saturated rings. The third kappa shape index (κ3) is 6.68.